The molecule has 6 rings (SSSR count). The Morgan fingerprint density at radius 3 is 2.13 bits per heavy atom. The van der Waals surface area contributed by atoms with E-state index in [1.165, 1.54) is 54.8 Å². The number of nitrogens with zero attached hydrogens (tertiary/aromatic N) is 1. The summed E-state index contributed by atoms with van der Waals surface area (Å²) in [5.41, 5.74) is 8.09. The van der Waals surface area contributed by atoms with Gasteiger partial charge in [0.1, 0.15) is 10.6 Å². The van der Waals surface area contributed by atoms with E-state index in [0.29, 0.717) is 5.92 Å². The van der Waals surface area contributed by atoms with Crippen LogP contribution < -0.4 is 0 Å². The van der Waals surface area contributed by atoms with Crippen LogP contribution in [0.1, 0.15) is 119 Å². The SMILES string of the molecule is CCC(C)(CC)C(=O)/C=C(\O)C(C)(CC)CC.Cc1csc2nc(-c3[c-]c4ccccc4c(C(C)(C)C)c3)cc(-c3ccc4scc(CC(C)C)c4c3)c12.[Ir]. The average molecular weight is 951 g/mol. The molecule has 0 bridgehead atoms. The van der Waals surface area contributed by atoms with Crippen LogP contribution in [0.25, 0.3) is 53.5 Å². The van der Waals surface area contributed by atoms with Gasteiger partial charge in [0.2, 0.25) is 0 Å². The number of allylic oxidation sites excluding steroid dienone is 2. The normalized spacial score (nSPS) is 12.6. The van der Waals surface area contributed by atoms with Crippen LogP contribution in [-0.4, -0.2) is 15.9 Å². The summed E-state index contributed by atoms with van der Waals surface area (Å²) in [5, 5.41) is 19.8. The molecular formula is C49H60IrNO2S2-. The molecule has 0 aliphatic heterocycles. The Labute approximate surface area is 352 Å². The predicted octanol–water partition coefficient (Wildman–Crippen LogP) is 15.3. The van der Waals surface area contributed by atoms with Crippen LogP contribution in [0.15, 0.2) is 77.2 Å². The van der Waals surface area contributed by atoms with Crippen molar-refractivity contribution in [3.05, 3.63) is 99.9 Å². The Hall–Kier alpha value is -3.15. The molecular weight excluding hydrogens is 891 g/mol. The van der Waals surface area contributed by atoms with Crippen molar-refractivity contribution in [1.29, 1.82) is 0 Å². The number of rotatable bonds is 11. The molecule has 3 aromatic carbocycles. The molecule has 55 heavy (non-hydrogen) atoms. The predicted molar refractivity (Wildman–Crippen MR) is 237 cm³/mol. The summed E-state index contributed by atoms with van der Waals surface area (Å²) in [5.74, 6) is 0.925. The molecule has 0 amide bonds. The number of ketones is 1. The number of carbonyl (C=O) groups excluding carboxylic acids is 1. The Morgan fingerprint density at radius 1 is 0.855 bits per heavy atom. The first-order valence-corrected chi connectivity index (χ1v) is 21.5. The first-order chi connectivity index (χ1) is 25.5. The summed E-state index contributed by atoms with van der Waals surface area (Å²) in [7, 11) is 0. The van der Waals surface area contributed by atoms with E-state index in [4.69, 9.17) is 4.98 Å². The fourth-order valence-corrected chi connectivity index (χ4v) is 8.98. The number of hydrogen-bond donors (Lipinski definition) is 1. The van der Waals surface area contributed by atoms with Gasteiger partial charge in [0.25, 0.3) is 0 Å². The van der Waals surface area contributed by atoms with Crippen LogP contribution in [0.4, 0.5) is 0 Å². The van der Waals surface area contributed by atoms with E-state index < -0.39 is 0 Å². The molecule has 0 atom stereocenters. The van der Waals surface area contributed by atoms with Gasteiger partial charge in [0.15, 0.2) is 5.78 Å². The minimum atomic E-state index is -0.337. The van der Waals surface area contributed by atoms with E-state index in [1.807, 2.05) is 52.9 Å². The van der Waals surface area contributed by atoms with Gasteiger partial charge < -0.3 is 5.11 Å². The second-order valence-corrected chi connectivity index (χ2v) is 18.8. The molecule has 0 aliphatic rings. The zero-order valence-electron chi connectivity index (χ0n) is 35.0. The largest absolute Gasteiger partial charge is 0.512 e. The number of aryl methyl sites for hydroxylation is 1. The van der Waals surface area contributed by atoms with Gasteiger partial charge in [-0.1, -0.05) is 117 Å². The molecule has 1 radical (unpaired) electrons. The average Bonchev–Trinajstić information content (AvgIpc) is 3.74. The van der Waals surface area contributed by atoms with Crippen molar-refractivity contribution in [3.63, 3.8) is 0 Å². The third-order valence-corrected chi connectivity index (χ3v) is 13.8. The Kier molecular flexibility index (Phi) is 14.6. The van der Waals surface area contributed by atoms with Crippen molar-refractivity contribution in [2.45, 2.75) is 121 Å². The second kappa shape index (κ2) is 18.0. The summed E-state index contributed by atoms with van der Waals surface area (Å²) in [6.07, 6.45) is 5.86. The van der Waals surface area contributed by atoms with Gasteiger partial charge in [0, 0.05) is 52.8 Å². The molecule has 3 nitrogen and oxygen atoms in total. The number of carbonyl (C=O) groups is 1. The van der Waals surface area contributed by atoms with Crippen molar-refractivity contribution in [3.8, 4) is 22.4 Å². The number of hydrogen-bond acceptors (Lipinski definition) is 5. The van der Waals surface area contributed by atoms with Gasteiger partial charge in [-0.25, -0.2) is 0 Å². The Morgan fingerprint density at radius 2 is 1.51 bits per heavy atom. The quantitative estimate of drug-likeness (QED) is 0.0800. The molecule has 0 unspecified atom stereocenters. The van der Waals surface area contributed by atoms with E-state index >= 15 is 0 Å². The van der Waals surface area contributed by atoms with E-state index in [2.05, 4.69) is 113 Å². The molecule has 0 saturated heterocycles. The minimum Gasteiger partial charge on any atom is -0.512 e. The Bertz CT molecular complexity index is 2290. The minimum absolute atomic E-state index is 0. The third kappa shape index (κ3) is 9.53. The summed E-state index contributed by atoms with van der Waals surface area (Å²) >= 11 is 3.60. The van der Waals surface area contributed by atoms with Gasteiger partial charge in [-0.2, -0.15) is 0 Å². The van der Waals surface area contributed by atoms with Crippen molar-refractivity contribution in [2.75, 3.05) is 0 Å². The van der Waals surface area contributed by atoms with Crippen molar-refractivity contribution < 1.29 is 30.0 Å². The maximum absolute atomic E-state index is 12.2. The van der Waals surface area contributed by atoms with E-state index in [0.717, 1.165) is 53.6 Å². The Balaban J connectivity index is 0.000000320. The maximum Gasteiger partial charge on any atom is 0.164 e. The molecule has 0 aliphatic carbocycles. The third-order valence-electron chi connectivity index (χ3n) is 11.8. The smallest absolute Gasteiger partial charge is 0.164 e. The molecule has 0 spiro atoms. The molecule has 3 aromatic heterocycles. The summed E-state index contributed by atoms with van der Waals surface area (Å²) in [4.78, 5) is 18.5. The van der Waals surface area contributed by atoms with E-state index in [1.54, 1.807) is 11.3 Å². The van der Waals surface area contributed by atoms with Crippen LogP contribution >= 0.6 is 22.7 Å². The number of benzene rings is 3. The molecule has 295 valence electrons. The zero-order chi connectivity index (χ0) is 39.6. The number of fused-ring (bicyclic) bond motifs is 3. The zero-order valence-corrected chi connectivity index (χ0v) is 39.0. The molecule has 0 fully saturated rings. The van der Waals surface area contributed by atoms with Gasteiger partial charge in [-0.15, -0.1) is 51.8 Å². The van der Waals surface area contributed by atoms with E-state index in [-0.39, 0.29) is 47.9 Å². The summed E-state index contributed by atoms with van der Waals surface area (Å²) in [6, 6.07) is 23.9. The number of aliphatic hydroxyl groups excluding tert-OH is 1. The van der Waals surface area contributed by atoms with Crippen LogP contribution in [0.3, 0.4) is 0 Å². The van der Waals surface area contributed by atoms with E-state index in [9.17, 15) is 9.90 Å². The molecule has 6 aromatic rings. The molecule has 1 N–H and O–H groups in total. The first-order valence-electron chi connectivity index (χ1n) is 19.8. The number of aromatic nitrogens is 1. The van der Waals surface area contributed by atoms with Gasteiger partial charge in [-0.3, -0.25) is 9.78 Å². The van der Waals surface area contributed by atoms with Crippen LogP contribution in [-0.2, 0) is 36.7 Å². The number of pyridine rings is 1. The molecule has 6 heteroatoms. The van der Waals surface area contributed by atoms with Gasteiger partial charge in [0.05, 0.1) is 0 Å². The second-order valence-electron chi connectivity index (χ2n) is 17.0. The number of thiophene rings is 2. The fraction of sp³-hybridized carbons (Fsp3) is 0.429. The van der Waals surface area contributed by atoms with Crippen molar-refractivity contribution >= 4 is 59.5 Å². The monoisotopic (exact) mass is 951 g/mol. The van der Waals surface area contributed by atoms with Crippen molar-refractivity contribution in [2.24, 2.45) is 16.7 Å². The molecule has 0 saturated carbocycles. The van der Waals surface area contributed by atoms with Crippen LogP contribution in [0.2, 0.25) is 0 Å². The van der Waals surface area contributed by atoms with Crippen molar-refractivity contribution in [1.82, 2.24) is 4.98 Å². The maximum atomic E-state index is 12.2. The number of aliphatic hydroxyl groups is 1. The first kappa shape index (κ1) is 44.6. The fourth-order valence-electron chi connectivity index (χ4n) is 7.08. The van der Waals surface area contributed by atoms with Crippen LogP contribution in [0, 0.1) is 29.7 Å². The topological polar surface area (TPSA) is 50.2 Å². The summed E-state index contributed by atoms with van der Waals surface area (Å²) in [6.45, 7) is 25.7. The van der Waals surface area contributed by atoms with Gasteiger partial charge in [-0.05, 0) is 101 Å². The summed E-state index contributed by atoms with van der Waals surface area (Å²) < 4.78 is 1.37. The molecule has 3 heterocycles. The van der Waals surface area contributed by atoms with Crippen LogP contribution in [0.5, 0.6) is 0 Å². The standard InChI is InChI=1S/C34H32NS2.C15H28O2.Ir/c1-20(2)13-25-19-36-31-12-11-23(15-27(25)31)28-17-30(35-33-32(28)21(3)18-37-33)24-14-22-9-7-8-10-26(22)29(16-24)34(4,5)6;1-7-14(5,8-2)12(16)11-13(17)15(6,9-3)10-4;/h7-12,15-20H,13H2,1-6H3;11,16H,7-10H2,1-6H3;/q-1;;/b;12-11-;. The van der Waals surface area contributed by atoms with Gasteiger partial charge >= 0.3 is 0 Å².